The molecule has 10 heteroatoms. The van der Waals surface area contributed by atoms with E-state index >= 15 is 0 Å². The number of esters is 1. The Labute approximate surface area is 250 Å². The molecule has 1 aliphatic heterocycles. The summed E-state index contributed by atoms with van der Waals surface area (Å²) in [7, 11) is 1.50. The fraction of sp³-hybridized carbons (Fsp3) is 0.118. The number of carbonyl (C=O) groups excluding carboxylic acids is 1. The lowest BCUT2D eigenvalue weighted by molar-refractivity contribution is 0.0702. The Bertz CT molecular complexity index is 1990. The third-order valence-electron chi connectivity index (χ3n) is 7.31. The lowest BCUT2D eigenvalue weighted by atomic mass is 9.83. The van der Waals surface area contributed by atoms with Gasteiger partial charge >= 0.3 is 5.97 Å². The molecule has 0 amide bonds. The number of nitriles is 1. The Morgan fingerprint density at radius 3 is 2.50 bits per heavy atom. The molecule has 0 bridgehead atoms. The van der Waals surface area contributed by atoms with Crippen molar-refractivity contribution >= 4 is 16.9 Å². The second kappa shape index (κ2) is 11.5. The van der Waals surface area contributed by atoms with E-state index in [4.69, 9.17) is 29.1 Å². The molecule has 6 rings (SSSR count). The van der Waals surface area contributed by atoms with E-state index in [1.165, 1.54) is 43.5 Å². The predicted molar refractivity (Wildman–Crippen MR) is 155 cm³/mol. The average Bonchev–Trinajstić information content (AvgIpc) is 3.35. The molecule has 4 aromatic carbocycles. The summed E-state index contributed by atoms with van der Waals surface area (Å²) in [6.07, 6.45) is 0. The molecular weight excluding hydrogens is 570 g/mol. The third-order valence-corrected chi connectivity index (χ3v) is 7.31. The van der Waals surface area contributed by atoms with Gasteiger partial charge in [-0.15, -0.1) is 0 Å². The zero-order chi connectivity index (χ0) is 31.0. The maximum Gasteiger partial charge on any atom is 0.379 e. The Balaban J connectivity index is 1.28. The largest absolute Gasteiger partial charge is 0.493 e. The molecule has 2 heterocycles. The molecule has 220 valence electrons. The molecule has 2 N–H and O–H groups in total. The van der Waals surface area contributed by atoms with Gasteiger partial charge in [-0.2, -0.15) is 5.26 Å². The molecule has 1 unspecified atom stereocenters. The number of halogens is 2. The molecule has 0 radical (unpaired) electrons. The van der Waals surface area contributed by atoms with Gasteiger partial charge in [-0.25, -0.2) is 13.6 Å². The highest BCUT2D eigenvalue weighted by atomic mass is 19.1. The van der Waals surface area contributed by atoms with Crippen molar-refractivity contribution in [1.29, 1.82) is 5.26 Å². The highest BCUT2D eigenvalue weighted by Crippen LogP contribution is 2.45. The maximum atomic E-state index is 13.7. The van der Waals surface area contributed by atoms with Gasteiger partial charge in [-0.05, 0) is 66.6 Å². The summed E-state index contributed by atoms with van der Waals surface area (Å²) >= 11 is 0. The van der Waals surface area contributed by atoms with E-state index in [9.17, 15) is 18.8 Å². The van der Waals surface area contributed by atoms with Crippen LogP contribution < -0.4 is 24.7 Å². The van der Waals surface area contributed by atoms with Crippen LogP contribution in [0.4, 0.5) is 8.78 Å². The van der Waals surface area contributed by atoms with Crippen LogP contribution in [0.15, 0.2) is 94.7 Å². The van der Waals surface area contributed by atoms with Gasteiger partial charge in [0.15, 0.2) is 11.5 Å². The van der Waals surface area contributed by atoms with Gasteiger partial charge in [0.2, 0.25) is 11.6 Å². The first-order chi connectivity index (χ1) is 21.2. The van der Waals surface area contributed by atoms with Crippen molar-refractivity contribution in [2.24, 2.45) is 5.73 Å². The minimum Gasteiger partial charge on any atom is -0.493 e. The van der Waals surface area contributed by atoms with Crippen molar-refractivity contribution in [3.8, 4) is 29.1 Å². The van der Waals surface area contributed by atoms with Crippen LogP contribution in [0.3, 0.4) is 0 Å². The van der Waals surface area contributed by atoms with Crippen LogP contribution in [0.1, 0.15) is 38.7 Å². The SMILES string of the molecule is COc1cc(C2C(C#N)=C(N)Oc3cc(OC(=O)c4oc5ccc(F)cc5c4C)ccc32)ccc1OCc1ccc(F)cc1. The van der Waals surface area contributed by atoms with Gasteiger partial charge < -0.3 is 29.1 Å². The first kappa shape index (κ1) is 28.3. The number of nitrogens with zero attached hydrogens (tertiary/aromatic N) is 1. The summed E-state index contributed by atoms with van der Waals surface area (Å²) in [5, 5.41) is 10.4. The molecular formula is C34H24F2N2O6. The topological polar surface area (TPSA) is 117 Å². The number of rotatable bonds is 7. The molecule has 8 nitrogen and oxygen atoms in total. The number of hydrogen-bond acceptors (Lipinski definition) is 8. The van der Waals surface area contributed by atoms with Crippen LogP contribution in [-0.4, -0.2) is 13.1 Å². The average molecular weight is 595 g/mol. The third kappa shape index (κ3) is 5.27. The Kier molecular flexibility index (Phi) is 7.37. The highest BCUT2D eigenvalue weighted by Gasteiger charge is 2.32. The number of allylic oxidation sites excluding steroid dienone is 1. The van der Waals surface area contributed by atoms with E-state index < -0.39 is 17.7 Å². The van der Waals surface area contributed by atoms with Crippen molar-refractivity contribution in [3.63, 3.8) is 0 Å². The predicted octanol–water partition coefficient (Wildman–Crippen LogP) is 7.04. The molecule has 44 heavy (non-hydrogen) atoms. The number of furan rings is 1. The number of nitrogens with two attached hydrogens (primary N) is 1. The van der Waals surface area contributed by atoms with E-state index in [1.54, 1.807) is 49.4 Å². The number of carbonyl (C=O) groups is 1. The fourth-order valence-electron chi connectivity index (χ4n) is 5.11. The maximum absolute atomic E-state index is 13.7. The second-order valence-corrected chi connectivity index (χ2v) is 10.0. The van der Waals surface area contributed by atoms with E-state index in [2.05, 4.69) is 6.07 Å². The molecule has 0 aliphatic carbocycles. The number of hydrogen-bond donors (Lipinski definition) is 1. The van der Waals surface area contributed by atoms with Crippen LogP contribution in [0.5, 0.6) is 23.0 Å². The summed E-state index contributed by atoms with van der Waals surface area (Å²) < 4.78 is 55.4. The van der Waals surface area contributed by atoms with Crippen molar-refractivity contribution in [2.75, 3.05) is 7.11 Å². The van der Waals surface area contributed by atoms with E-state index in [0.29, 0.717) is 39.2 Å². The number of methoxy groups -OCH3 is 1. The summed E-state index contributed by atoms with van der Waals surface area (Å²) in [4.78, 5) is 13.0. The molecule has 5 aromatic rings. The molecule has 1 aromatic heterocycles. The fourth-order valence-corrected chi connectivity index (χ4v) is 5.11. The number of benzene rings is 4. The highest BCUT2D eigenvalue weighted by molar-refractivity contribution is 5.96. The van der Waals surface area contributed by atoms with Crippen molar-refractivity contribution in [1.82, 2.24) is 0 Å². The number of ether oxygens (including phenoxy) is 4. The molecule has 0 fully saturated rings. The minimum absolute atomic E-state index is 0.0536. The Morgan fingerprint density at radius 2 is 1.75 bits per heavy atom. The first-order valence-corrected chi connectivity index (χ1v) is 13.4. The zero-order valence-electron chi connectivity index (χ0n) is 23.5. The second-order valence-electron chi connectivity index (χ2n) is 10.0. The van der Waals surface area contributed by atoms with Crippen LogP contribution in [-0.2, 0) is 6.61 Å². The van der Waals surface area contributed by atoms with Gasteiger partial charge in [0.25, 0.3) is 0 Å². The molecule has 1 aliphatic rings. The monoisotopic (exact) mass is 594 g/mol. The molecule has 0 spiro atoms. The van der Waals surface area contributed by atoms with Crippen LogP contribution in [0.2, 0.25) is 0 Å². The van der Waals surface area contributed by atoms with E-state index in [0.717, 1.165) is 5.56 Å². The summed E-state index contributed by atoms with van der Waals surface area (Å²) in [5.74, 6) is -1.03. The first-order valence-electron chi connectivity index (χ1n) is 13.4. The normalized spacial score (nSPS) is 14.0. The van der Waals surface area contributed by atoms with Gasteiger partial charge in [-0.1, -0.05) is 24.3 Å². The lowest BCUT2D eigenvalue weighted by Crippen LogP contribution is -2.21. The quantitative estimate of drug-likeness (QED) is 0.157. The summed E-state index contributed by atoms with van der Waals surface area (Å²) in [6.45, 7) is 1.84. The smallest absolute Gasteiger partial charge is 0.379 e. The molecule has 0 saturated carbocycles. The van der Waals surface area contributed by atoms with Crippen molar-refractivity contribution in [2.45, 2.75) is 19.4 Å². The van der Waals surface area contributed by atoms with Gasteiger partial charge in [-0.3, -0.25) is 0 Å². The molecule has 1 atom stereocenters. The Hall–Kier alpha value is -5.82. The minimum atomic E-state index is -0.770. The summed E-state index contributed by atoms with van der Waals surface area (Å²) in [6, 6.07) is 22.1. The van der Waals surface area contributed by atoms with E-state index in [-0.39, 0.29) is 41.1 Å². The van der Waals surface area contributed by atoms with Crippen molar-refractivity contribution in [3.05, 3.63) is 130 Å². The van der Waals surface area contributed by atoms with Crippen molar-refractivity contribution < 1.29 is 36.9 Å². The van der Waals surface area contributed by atoms with Gasteiger partial charge in [0, 0.05) is 22.6 Å². The standard InChI is InChI=1S/C34H24F2N2O6/c1-18-25-14-22(36)8-12-27(25)43-32(18)34(39)42-23-9-10-24-29(15-23)44-33(38)26(16-37)31(24)20-5-11-28(30(13-20)40-2)41-17-19-3-6-21(35)7-4-19/h3-15,31H,17,38H2,1-2H3. The summed E-state index contributed by atoms with van der Waals surface area (Å²) in [5.41, 5.74) is 9.22. The zero-order valence-corrected chi connectivity index (χ0v) is 23.5. The lowest BCUT2D eigenvalue weighted by Gasteiger charge is -2.27. The Morgan fingerprint density at radius 1 is 0.977 bits per heavy atom. The van der Waals surface area contributed by atoms with Gasteiger partial charge in [0.05, 0.1) is 13.0 Å². The van der Waals surface area contributed by atoms with Crippen LogP contribution in [0, 0.1) is 29.9 Å². The van der Waals surface area contributed by atoms with Gasteiger partial charge in [0.1, 0.15) is 47.0 Å². The number of aryl methyl sites for hydroxylation is 1. The van der Waals surface area contributed by atoms with Crippen LogP contribution >= 0.6 is 0 Å². The van der Waals surface area contributed by atoms with E-state index in [1.807, 2.05) is 0 Å². The van der Waals surface area contributed by atoms with Crippen LogP contribution in [0.25, 0.3) is 11.0 Å². The number of fused-ring (bicyclic) bond motifs is 2. The molecule has 0 saturated heterocycles.